The number of fused-ring (bicyclic) bond motifs is 2. The number of imidazole rings is 1. The van der Waals surface area contributed by atoms with Crippen LogP contribution in [0, 0.1) is 11.6 Å². The fraction of sp³-hybridized carbons (Fsp3) is 0.538. The van der Waals surface area contributed by atoms with E-state index in [1.807, 2.05) is 43.2 Å². The van der Waals surface area contributed by atoms with Gasteiger partial charge >= 0.3 is 0 Å². The number of piperidine rings is 1. The van der Waals surface area contributed by atoms with Gasteiger partial charge in [0, 0.05) is 34.9 Å². The normalized spacial score (nSPS) is 24.2. The summed E-state index contributed by atoms with van der Waals surface area (Å²) in [7, 11) is 0. The maximum Gasteiger partial charge on any atom is 0.256 e. The maximum absolute atomic E-state index is 15.4. The van der Waals surface area contributed by atoms with Gasteiger partial charge in [0.25, 0.3) is 6.43 Å². The lowest BCUT2D eigenvalue weighted by atomic mass is 9.71. The van der Waals surface area contributed by atoms with Gasteiger partial charge in [-0.2, -0.15) is 0 Å². The van der Waals surface area contributed by atoms with Gasteiger partial charge in [0.05, 0.1) is 45.6 Å². The van der Waals surface area contributed by atoms with Crippen molar-refractivity contribution in [2.24, 2.45) is 0 Å². The van der Waals surface area contributed by atoms with Crippen molar-refractivity contribution < 1.29 is 27.5 Å². The number of hydrogen-bond acceptors (Lipinski definition) is 8. The molecule has 14 heteroatoms. The molecule has 2 saturated carbocycles. The number of rotatable bonds is 10. The Balaban J connectivity index is 1.16. The van der Waals surface area contributed by atoms with Crippen LogP contribution in [0.2, 0.25) is 0 Å². The van der Waals surface area contributed by atoms with Crippen LogP contribution >= 0.6 is 0 Å². The van der Waals surface area contributed by atoms with E-state index in [0.717, 1.165) is 37.7 Å². The summed E-state index contributed by atoms with van der Waals surface area (Å²) < 4.78 is 59.6. The molecule has 1 aromatic carbocycles. The fourth-order valence-corrected chi connectivity index (χ4v) is 8.55. The average molecular weight is 735 g/mol. The molecular weight excluding hydrogens is 688 g/mol. The van der Waals surface area contributed by atoms with Crippen LogP contribution in [-0.2, 0) is 10.2 Å². The molecule has 0 bridgehead atoms. The number of carbonyl (C=O) groups is 1. The number of halogens is 4. The molecule has 1 saturated heterocycles. The summed E-state index contributed by atoms with van der Waals surface area (Å²) in [6.45, 7) is 12.2. The number of pyridine rings is 2. The van der Waals surface area contributed by atoms with Crippen LogP contribution in [0.3, 0.4) is 0 Å². The lowest BCUT2D eigenvalue weighted by molar-refractivity contribution is -0.123. The van der Waals surface area contributed by atoms with Crippen molar-refractivity contribution in [3.05, 3.63) is 59.7 Å². The Morgan fingerprint density at radius 2 is 1.70 bits per heavy atom. The third-order valence-electron chi connectivity index (χ3n) is 12.0. The standard InChI is InChI=1S/C39H46F4N8O2/c1-21(2)50-20-45-28-16-26(46-33(31(28)50)47-27-14-22(13-25(40)30(27)41)34(52)48-39(9-10-39)35(42)43)23-15-29-32(44-19-23)37(3,4)36(53)51(29)24-17-38(5,18-24)49-11-7-6-8-12-49/h13-16,19-21,24,34-35,48,52H,6-12,17-18H2,1-5H3,(H,46,47). The topological polar surface area (TPSA) is 111 Å². The maximum atomic E-state index is 15.4. The van der Waals surface area contributed by atoms with Crippen LogP contribution in [0.4, 0.5) is 34.8 Å². The summed E-state index contributed by atoms with van der Waals surface area (Å²) in [5.74, 6) is -2.31. The molecule has 3 aromatic heterocycles. The molecule has 2 aliphatic carbocycles. The van der Waals surface area contributed by atoms with Gasteiger partial charge < -0.3 is 19.9 Å². The summed E-state index contributed by atoms with van der Waals surface area (Å²) in [6.07, 6.45) is 4.64. The summed E-state index contributed by atoms with van der Waals surface area (Å²) in [5.41, 5.74) is 0.774. The van der Waals surface area contributed by atoms with Gasteiger partial charge in [0.15, 0.2) is 17.5 Å². The van der Waals surface area contributed by atoms with Crippen LogP contribution in [0.1, 0.15) is 103 Å². The van der Waals surface area contributed by atoms with Crippen molar-refractivity contribution in [3.63, 3.8) is 0 Å². The largest absolute Gasteiger partial charge is 0.374 e. The molecule has 3 N–H and O–H groups in total. The number of amides is 1. The zero-order valence-corrected chi connectivity index (χ0v) is 30.7. The number of alkyl halides is 2. The first-order chi connectivity index (χ1) is 25.1. The lowest BCUT2D eigenvalue weighted by Gasteiger charge is -2.55. The minimum Gasteiger partial charge on any atom is -0.374 e. The first-order valence-electron chi connectivity index (χ1n) is 18.6. The van der Waals surface area contributed by atoms with E-state index in [1.54, 1.807) is 18.6 Å². The van der Waals surface area contributed by atoms with Gasteiger partial charge in [0.1, 0.15) is 11.7 Å². The van der Waals surface area contributed by atoms with Crippen molar-refractivity contribution in [2.75, 3.05) is 23.3 Å². The minimum absolute atomic E-state index is 0.0134. The molecule has 1 amide bonds. The first-order valence-corrected chi connectivity index (χ1v) is 18.6. The number of aliphatic hydroxyl groups is 1. The monoisotopic (exact) mass is 734 g/mol. The second-order valence-corrected chi connectivity index (χ2v) is 16.5. The van der Waals surface area contributed by atoms with Crippen LogP contribution in [0.25, 0.3) is 22.3 Å². The highest BCUT2D eigenvalue weighted by Gasteiger charge is 2.55. The van der Waals surface area contributed by atoms with Gasteiger partial charge in [-0.3, -0.25) is 20.0 Å². The Labute approximate surface area is 306 Å². The molecule has 4 aliphatic rings. The quantitative estimate of drug-likeness (QED) is 0.114. The number of hydrogen-bond donors (Lipinski definition) is 3. The number of aliphatic hydroxyl groups excluding tert-OH is 1. The van der Waals surface area contributed by atoms with Crippen molar-refractivity contribution >= 4 is 34.1 Å². The average Bonchev–Trinajstić information content (AvgIpc) is 3.72. The fourth-order valence-electron chi connectivity index (χ4n) is 8.55. The zero-order valence-electron chi connectivity index (χ0n) is 30.7. The molecule has 0 radical (unpaired) electrons. The molecule has 5 heterocycles. The molecule has 3 fully saturated rings. The first kappa shape index (κ1) is 35.9. The van der Waals surface area contributed by atoms with Gasteiger partial charge in [-0.1, -0.05) is 6.42 Å². The van der Waals surface area contributed by atoms with Crippen LogP contribution in [0.15, 0.2) is 36.8 Å². The van der Waals surface area contributed by atoms with Crippen LogP contribution in [0.5, 0.6) is 0 Å². The molecular formula is C39H46F4N8O2. The zero-order chi connectivity index (χ0) is 37.6. The third kappa shape index (κ3) is 5.97. The highest BCUT2D eigenvalue weighted by molar-refractivity contribution is 6.08. The second kappa shape index (κ2) is 12.7. The van der Waals surface area contributed by atoms with Gasteiger partial charge in [-0.25, -0.2) is 27.5 Å². The molecule has 2 aliphatic heterocycles. The minimum atomic E-state index is -2.73. The Morgan fingerprint density at radius 1 is 0.981 bits per heavy atom. The van der Waals surface area contributed by atoms with Gasteiger partial charge in [-0.05, 0) is 110 Å². The molecule has 53 heavy (non-hydrogen) atoms. The SMILES string of the molecule is CC(C)n1cnc2cc(-c3cnc4c(c3)N(C3CC(C)(N5CCCCC5)C3)C(=O)C4(C)C)nc(Nc3cc(C(O)NC4(C(F)F)CC4)cc(F)c3F)c21. The number of anilines is 3. The highest BCUT2D eigenvalue weighted by atomic mass is 19.3. The molecule has 1 atom stereocenters. The van der Waals surface area contributed by atoms with Crippen molar-refractivity contribution in [1.29, 1.82) is 0 Å². The van der Waals surface area contributed by atoms with Crippen molar-refractivity contribution in [1.82, 2.24) is 29.7 Å². The van der Waals surface area contributed by atoms with Crippen molar-refractivity contribution in [3.8, 4) is 11.3 Å². The van der Waals surface area contributed by atoms with E-state index in [1.165, 1.54) is 25.3 Å². The molecule has 282 valence electrons. The number of carbonyl (C=O) groups excluding carboxylic acids is 1. The Hall–Kier alpha value is -4.14. The molecule has 0 spiro atoms. The number of likely N-dealkylation sites (tertiary alicyclic amines) is 1. The Bertz CT molecular complexity index is 2090. The van der Waals surface area contributed by atoms with E-state index >= 15 is 8.78 Å². The van der Waals surface area contributed by atoms with E-state index in [9.17, 15) is 18.7 Å². The molecule has 10 nitrogen and oxygen atoms in total. The van der Waals surface area contributed by atoms with Crippen LogP contribution in [-0.4, -0.2) is 72.1 Å². The number of nitrogens with one attached hydrogen (secondary N) is 2. The van der Waals surface area contributed by atoms with E-state index < -0.39 is 35.2 Å². The highest BCUT2D eigenvalue weighted by Crippen LogP contribution is 2.50. The summed E-state index contributed by atoms with van der Waals surface area (Å²) in [4.78, 5) is 32.9. The smallest absolute Gasteiger partial charge is 0.256 e. The molecule has 1 unspecified atom stereocenters. The van der Waals surface area contributed by atoms with Crippen molar-refractivity contribution in [2.45, 2.75) is 121 Å². The van der Waals surface area contributed by atoms with E-state index in [-0.39, 0.29) is 53.4 Å². The van der Waals surface area contributed by atoms with E-state index in [0.29, 0.717) is 28.0 Å². The number of benzene rings is 1. The summed E-state index contributed by atoms with van der Waals surface area (Å²) in [6, 6.07) is 5.67. The molecule has 4 aromatic rings. The molecule has 8 rings (SSSR count). The van der Waals surface area contributed by atoms with E-state index in [4.69, 9.17) is 9.97 Å². The third-order valence-corrected chi connectivity index (χ3v) is 12.0. The summed E-state index contributed by atoms with van der Waals surface area (Å²) >= 11 is 0. The van der Waals surface area contributed by atoms with Gasteiger partial charge in [0.2, 0.25) is 5.91 Å². The number of nitrogens with zero attached hydrogens (tertiary/aromatic N) is 6. The predicted octanol–water partition coefficient (Wildman–Crippen LogP) is 7.51. The van der Waals surface area contributed by atoms with E-state index in [2.05, 4.69) is 27.4 Å². The second-order valence-electron chi connectivity index (χ2n) is 16.5. The Morgan fingerprint density at radius 3 is 2.36 bits per heavy atom. The summed E-state index contributed by atoms with van der Waals surface area (Å²) in [5, 5.41) is 16.2. The lowest BCUT2D eigenvalue weighted by Crippen LogP contribution is -2.64. The Kier molecular flexibility index (Phi) is 8.61. The van der Waals surface area contributed by atoms with Gasteiger partial charge in [-0.15, -0.1) is 0 Å². The van der Waals surface area contributed by atoms with Crippen LogP contribution < -0.4 is 15.5 Å². The number of aromatic nitrogens is 4. The predicted molar refractivity (Wildman–Crippen MR) is 194 cm³/mol.